The summed E-state index contributed by atoms with van der Waals surface area (Å²) in [5.41, 5.74) is 4.92. The lowest BCUT2D eigenvalue weighted by molar-refractivity contribution is 0.252. The third-order valence-electron chi connectivity index (χ3n) is 3.79. The Morgan fingerprint density at radius 2 is 1.84 bits per heavy atom. The third kappa shape index (κ3) is 5.74. The number of aliphatic imine (C=N–C) groups is 1. The first-order chi connectivity index (χ1) is 11.9. The molecule has 0 spiro atoms. The average Bonchev–Trinajstić information content (AvgIpc) is 2.57. The number of alkyl halides is 2. The molecule has 0 bridgehead atoms. The molecule has 6 heteroatoms. The maximum atomic E-state index is 12.4. The van der Waals surface area contributed by atoms with E-state index < -0.39 is 5.76 Å². The molecule has 3 nitrogen and oxygen atoms in total. The average molecular weight is 363 g/mol. The Balaban J connectivity index is 2.15. The molecule has 0 heterocycles. The largest absolute Gasteiger partial charge is 0.366 e. The quantitative estimate of drug-likeness (QED) is 0.373. The number of hydrogen-bond donors (Lipinski definition) is 1. The number of nitrogens with one attached hydrogen (secondary N) is 1. The van der Waals surface area contributed by atoms with Crippen LogP contribution < -0.4 is 5.32 Å². The van der Waals surface area contributed by atoms with Crippen molar-refractivity contribution >= 4 is 35.2 Å². The Labute approximate surface area is 152 Å². The van der Waals surface area contributed by atoms with Crippen molar-refractivity contribution in [2.45, 2.75) is 31.4 Å². The molecule has 0 aliphatic carbocycles. The molecule has 0 unspecified atom stereocenters. The summed E-state index contributed by atoms with van der Waals surface area (Å²) in [7, 11) is 1.98. The van der Waals surface area contributed by atoms with Crippen molar-refractivity contribution in [2.75, 3.05) is 18.9 Å². The molecule has 134 valence electrons. The van der Waals surface area contributed by atoms with Crippen LogP contribution in [0, 0.1) is 13.8 Å². The maximum absolute atomic E-state index is 12.4. The van der Waals surface area contributed by atoms with E-state index in [2.05, 4.69) is 23.3 Å². The van der Waals surface area contributed by atoms with Gasteiger partial charge in [-0.15, -0.1) is 0 Å². The number of thioether (sulfide) groups is 1. The Morgan fingerprint density at radius 1 is 1.16 bits per heavy atom. The Hall–Kier alpha value is -2.08. The smallest absolute Gasteiger partial charge is 0.288 e. The first-order valence-electron chi connectivity index (χ1n) is 8.06. The van der Waals surface area contributed by atoms with Crippen molar-refractivity contribution in [2.24, 2.45) is 4.99 Å². The highest BCUT2D eigenvalue weighted by Gasteiger charge is 2.07. The van der Waals surface area contributed by atoms with Crippen LogP contribution in [0.25, 0.3) is 0 Å². The van der Waals surface area contributed by atoms with Gasteiger partial charge in [0.05, 0.1) is 12.0 Å². The highest BCUT2D eigenvalue weighted by Crippen LogP contribution is 2.30. The minimum Gasteiger partial charge on any atom is -0.366 e. The molecule has 2 aromatic carbocycles. The van der Waals surface area contributed by atoms with Crippen LogP contribution in [0.1, 0.15) is 18.1 Å². The van der Waals surface area contributed by atoms with Crippen LogP contribution in [0.5, 0.6) is 0 Å². The number of benzene rings is 2. The minimum atomic E-state index is -2.40. The Morgan fingerprint density at radius 3 is 2.44 bits per heavy atom. The van der Waals surface area contributed by atoms with E-state index in [0.29, 0.717) is 16.7 Å². The summed E-state index contributed by atoms with van der Waals surface area (Å²) in [6, 6.07) is 11.1. The number of rotatable bonds is 7. The molecule has 0 fully saturated rings. The van der Waals surface area contributed by atoms with Crippen LogP contribution in [-0.2, 0) is 0 Å². The zero-order valence-electron chi connectivity index (χ0n) is 14.9. The second-order valence-electron chi connectivity index (χ2n) is 5.80. The molecule has 0 radical (unpaired) electrons. The van der Waals surface area contributed by atoms with E-state index >= 15 is 0 Å². The van der Waals surface area contributed by atoms with E-state index in [1.807, 2.05) is 50.3 Å². The maximum Gasteiger partial charge on any atom is 0.288 e. The fourth-order valence-electron chi connectivity index (χ4n) is 2.19. The molecule has 0 aliphatic heterocycles. The zero-order valence-corrected chi connectivity index (χ0v) is 15.7. The van der Waals surface area contributed by atoms with Crippen molar-refractivity contribution in [3.8, 4) is 0 Å². The van der Waals surface area contributed by atoms with Gasteiger partial charge in [0.25, 0.3) is 5.76 Å². The van der Waals surface area contributed by atoms with Crippen molar-refractivity contribution in [3.05, 3.63) is 47.5 Å². The van der Waals surface area contributed by atoms with Crippen LogP contribution in [0.4, 0.5) is 25.8 Å². The van der Waals surface area contributed by atoms with E-state index in [0.717, 1.165) is 34.7 Å². The van der Waals surface area contributed by atoms with Crippen LogP contribution in [-0.4, -0.2) is 30.6 Å². The lowest BCUT2D eigenvalue weighted by Crippen LogP contribution is -2.14. The highest BCUT2D eigenvalue weighted by molar-refractivity contribution is 7.99. The molecule has 0 amide bonds. The zero-order chi connectivity index (χ0) is 18.4. The van der Waals surface area contributed by atoms with Gasteiger partial charge in [0.1, 0.15) is 0 Å². The fourth-order valence-corrected chi connectivity index (χ4v) is 2.69. The number of halogens is 2. The molecule has 0 aromatic heterocycles. The minimum absolute atomic E-state index is 0.550. The molecule has 0 atom stereocenters. The highest BCUT2D eigenvalue weighted by atomic mass is 32.2. The van der Waals surface area contributed by atoms with Gasteiger partial charge in [0.15, 0.2) is 0 Å². The predicted molar refractivity (Wildman–Crippen MR) is 104 cm³/mol. The van der Waals surface area contributed by atoms with Crippen molar-refractivity contribution in [1.82, 2.24) is 4.90 Å². The van der Waals surface area contributed by atoms with Gasteiger partial charge < -0.3 is 10.2 Å². The van der Waals surface area contributed by atoms with Crippen LogP contribution >= 0.6 is 11.8 Å². The molecule has 0 saturated carbocycles. The standard InChI is InChI=1S/C19H23F2N3S/c1-5-24(4)12-22-17-10-14(3)18(11-13(17)2)23-15-6-8-16(9-7-15)25-19(20)21/h6-12,19,23H,5H2,1-4H3. The van der Waals surface area contributed by atoms with Gasteiger partial charge in [0, 0.05) is 29.9 Å². The van der Waals surface area contributed by atoms with Gasteiger partial charge >= 0.3 is 0 Å². The van der Waals surface area contributed by atoms with Crippen LogP contribution in [0.3, 0.4) is 0 Å². The summed E-state index contributed by atoms with van der Waals surface area (Å²) in [5.74, 6) is -2.40. The van der Waals surface area contributed by atoms with Gasteiger partial charge in [-0.25, -0.2) is 4.99 Å². The second-order valence-corrected chi connectivity index (χ2v) is 6.86. The fraction of sp³-hybridized carbons (Fsp3) is 0.316. The summed E-state index contributed by atoms with van der Waals surface area (Å²) >= 11 is 0.550. The number of anilines is 2. The van der Waals surface area contributed by atoms with Gasteiger partial charge in [-0.05, 0) is 68.3 Å². The Kier molecular flexibility index (Phi) is 6.82. The van der Waals surface area contributed by atoms with E-state index in [9.17, 15) is 8.78 Å². The van der Waals surface area contributed by atoms with Crippen molar-refractivity contribution in [1.29, 1.82) is 0 Å². The first-order valence-corrected chi connectivity index (χ1v) is 8.94. The SMILES string of the molecule is CCN(C)C=Nc1cc(C)c(Nc2ccc(SC(F)F)cc2)cc1C. The first kappa shape index (κ1) is 19.2. The molecule has 0 aliphatic rings. The lowest BCUT2D eigenvalue weighted by atomic mass is 10.1. The van der Waals surface area contributed by atoms with Crippen molar-refractivity contribution in [3.63, 3.8) is 0 Å². The van der Waals surface area contributed by atoms with E-state index in [4.69, 9.17) is 0 Å². The van der Waals surface area contributed by atoms with Gasteiger partial charge in [0.2, 0.25) is 0 Å². The van der Waals surface area contributed by atoms with Gasteiger partial charge in [-0.2, -0.15) is 8.78 Å². The molecule has 0 saturated heterocycles. The van der Waals surface area contributed by atoms with Gasteiger partial charge in [-0.1, -0.05) is 11.8 Å². The van der Waals surface area contributed by atoms with E-state index in [-0.39, 0.29) is 0 Å². The number of aryl methyl sites for hydroxylation is 2. The Bertz CT molecular complexity index is 730. The van der Waals surface area contributed by atoms with Gasteiger partial charge in [-0.3, -0.25) is 0 Å². The summed E-state index contributed by atoms with van der Waals surface area (Å²) in [6.07, 6.45) is 1.83. The summed E-state index contributed by atoms with van der Waals surface area (Å²) in [4.78, 5) is 7.09. The predicted octanol–water partition coefficient (Wildman–Crippen LogP) is 5.97. The van der Waals surface area contributed by atoms with Crippen molar-refractivity contribution < 1.29 is 8.78 Å². The summed E-state index contributed by atoms with van der Waals surface area (Å²) in [5, 5.41) is 3.34. The molecular formula is C19H23F2N3S. The van der Waals surface area contributed by atoms with Crippen LogP contribution in [0.15, 0.2) is 46.3 Å². The van der Waals surface area contributed by atoms with Crippen LogP contribution in [0.2, 0.25) is 0 Å². The number of nitrogens with zero attached hydrogens (tertiary/aromatic N) is 2. The number of hydrogen-bond acceptors (Lipinski definition) is 3. The van der Waals surface area contributed by atoms with E-state index in [1.54, 1.807) is 12.1 Å². The topological polar surface area (TPSA) is 27.6 Å². The molecule has 25 heavy (non-hydrogen) atoms. The monoisotopic (exact) mass is 363 g/mol. The molecule has 2 rings (SSSR count). The second kappa shape index (κ2) is 8.85. The summed E-state index contributed by atoms with van der Waals surface area (Å²) in [6.45, 7) is 7.01. The molecule has 1 N–H and O–H groups in total. The normalized spacial score (nSPS) is 11.3. The lowest BCUT2D eigenvalue weighted by Gasteiger charge is -2.14. The third-order valence-corrected chi connectivity index (χ3v) is 4.52. The summed E-state index contributed by atoms with van der Waals surface area (Å²) < 4.78 is 24.7. The van der Waals surface area contributed by atoms with E-state index in [1.165, 1.54) is 0 Å². The molecular weight excluding hydrogens is 340 g/mol. The molecule has 2 aromatic rings.